The highest BCUT2D eigenvalue weighted by atomic mass is 16.5. The minimum Gasteiger partial charge on any atom is -0.496 e. The van der Waals surface area contributed by atoms with E-state index < -0.39 is 11.5 Å². The molecule has 0 fully saturated rings. The molecule has 3 nitrogen and oxygen atoms in total. The molecule has 0 heterocycles. The van der Waals surface area contributed by atoms with Crippen molar-refractivity contribution in [3.63, 3.8) is 0 Å². The number of rotatable bonds is 3. The van der Waals surface area contributed by atoms with Gasteiger partial charge in [0.25, 0.3) is 0 Å². The van der Waals surface area contributed by atoms with Crippen LogP contribution in [-0.4, -0.2) is 12.2 Å². The van der Waals surface area contributed by atoms with Crippen LogP contribution < -0.4 is 4.74 Å². The van der Waals surface area contributed by atoms with Gasteiger partial charge in [0.05, 0.1) is 24.7 Å². The van der Waals surface area contributed by atoms with Gasteiger partial charge in [0.15, 0.2) is 0 Å². The van der Waals surface area contributed by atoms with Gasteiger partial charge in [0, 0.05) is 0 Å². The Bertz CT molecular complexity index is 418. The summed E-state index contributed by atoms with van der Waals surface area (Å²) in [6.45, 7) is 5.35. The molecular formula is C13H17NO2. The SMILES string of the molecule is COc1ccc(C(O)C(C)(C)C#N)cc1C. The second-order valence-electron chi connectivity index (χ2n) is 4.47. The van der Waals surface area contributed by atoms with E-state index in [0.717, 1.165) is 16.9 Å². The van der Waals surface area contributed by atoms with Crippen LogP contribution in [0.3, 0.4) is 0 Å². The van der Waals surface area contributed by atoms with Crippen LogP contribution in [0.4, 0.5) is 0 Å². The Balaban J connectivity index is 3.08. The van der Waals surface area contributed by atoms with Crippen molar-refractivity contribution >= 4 is 0 Å². The summed E-state index contributed by atoms with van der Waals surface area (Å²) in [7, 11) is 1.61. The molecule has 0 saturated heterocycles. The van der Waals surface area contributed by atoms with Crippen LogP contribution in [0.1, 0.15) is 31.1 Å². The molecule has 0 amide bonds. The summed E-state index contributed by atoms with van der Waals surface area (Å²) in [5, 5.41) is 19.0. The van der Waals surface area contributed by atoms with E-state index in [9.17, 15) is 5.11 Å². The summed E-state index contributed by atoms with van der Waals surface area (Å²) in [6, 6.07) is 7.55. The molecule has 0 aliphatic heterocycles. The van der Waals surface area contributed by atoms with Crippen molar-refractivity contribution in [1.82, 2.24) is 0 Å². The predicted molar refractivity (Wildman–Crippen MR) is 62.1 cm³/mol. The number of nitrogens with zero attached hydrogens (tertiary/aromatic N) is 1. The fourth-order valence-corrected chi connectivity index (χ4v) is 1.55. The molecule has 0 spiro atoms. The van der Waals surface area contributed by atoms with E-state index in [1.807, 2.05) is 13.0 Å². The molecule has 86 valence electrons. The van der Waals surface area contributed by atoms with Gasteiger partial charge in [-0.3, -0.25) is 0 Å². The van der Waals surface area contributed by atoms with E-state index in [0.29, 0.717) is 0 Å². The first-order chi connectivity index (χ1) is 7.42. The number of benzene rings is 1. The largest absolute Gasteiger partial charge is 0.496 e. The zero-order valence-corrected chi connectivity index (χ0v) is 10.1. The van der Waals surface area contributed by atoms with Gasteiger partial charge in [-0.15, -0.1) is 0 Å². The molecule has 0 aromatic heterocycles. The lowest BCUT2D eigenvalue weighted by molar-refractivity contribution is 0.0867. The third-order valence-corrected chi connectivity index (χ3v) is 2.71. The number of hydrogen-bond donors (Lipinski definition) is 1. The molecule has 1 rings (SSSR count). The molecule has 1 aromatic rings. The Morgan fingerprint density at radius 2 is 2.06 bits per heavy atom. The van der Waals surface area contributed by atoms with E-state index in [-0.39, 0.29) is 0 Å². The topological polar surface area (TPSA) is 53.2 Å². The number of methoxy groups -OCH3 is 1. The van der Waals surface area contributed by atoms with Crippen molar-refractivity contribution < 1.29 is 9.84 Å². The predicted octanol–water partition coefficient (Wildman–Crippen LogP) is 2.59. The number of aryl methyl sites for hydroxylation is 1. The molecule has 3 heteroatoms. The molecule has 1 unspecified atom stereocenters. The molecule has 0 aliphatic rings. The van der Waals surface area contributed by atoms with Gasteiger partial charge in [-0.25, -0.2) is 0 Å². The smallest absolute Gasteiger partial charge is 0.121 e. The summed E-state index contributed by atoms with van der Waals surface area (Å²) in [5.41, 5.74) is 0.902. The minimum atomic E-state index is -0.791. The Morgan fingerprint density at radius 1 is 1.44 bits per heavy atom. The monoisotopic (exact) mass is 219 g/mol. The van der Waals surface area contributed by atoms with Crippen LogP contribution in [0.5, 0.6) is 5.75 Å². The van der Waals surface area contributed by atoms with Crippen LogP contribution >= 0.6 is 0 Å². The second kappa shape index (κ2) is 4.54. The fourth-order valence-electron chi connectivity index (χ4n) is 1.55. The Labute approximate surface area is 96.3 Å². The highest BCUT2D eigenvalue weighted by Gasteiger charge is 2.29. The van der Waals surface area contributed by atoms with Gasteiger partial charge in [-0.05, 0) is 44.0 Å². The lowest BCUT2D eigenvalue weighted by Gasteiger charge is -2.23. The lowest BCUT2D eigenvalue weighted by atomic mass is 9.84. The summed E-state index contributed by atoms with van der Waals surface area (Å²) in [6.07, 6.45) is -0.790. The molecular weight excluding hydrogens is 202 g/mol. The highest BCUT2D eigenvalue weighted by Crippen LogP contribution is 2.34. The second-order valence-corrected chi connectivity index (χ2v) is 4.47. The zero-order valence-electron chi connectivity index (χ0n) is 10.1. The van der Waals surface area contributed by atoms with E-state index in [2.05, 4.69) is 6.07 Å². The molecule has 0 aliphatic carbocycles. The van der Waals surface area contributed by atoms with Crippen molar-refractivity contribution in [3.05, 3.63) is 29.3 Å². The maximum atomic E-state index is 10.1. The fraction of sp³-hybridized carbons (Fsp3) is 0.462. The average molecular weight is 219 g/mol. The number of hydrogen-bond acceptors (Lipinski definition) is 3. The van der Waals surface area contributed by atoms with Gasteiger partial charge in [-0.1, -0.05) is 6.07 Å². The molecule has 1 atom stereocenters. The van der Waals surface area contributed by atoms with Gasteiger partial charge < -0.3 is 9.84 Å². The molecule has 0 saturated carbocycles. The van der Waals surface area contributed by atoms with Crippen LogP contribution in [-0.2, 0) is 0 Å². The van der Waals surface area contributed by atoms with Crippen LogP contribution in [0.25, 0.3) is 0 Å². The normalized spacial score (nSPS) is 13.0. The highest BCUT2D eigenvalue weighted by molar-refractivity contribution is 5.37. The van der Waals surface area contributed by atoms with Gasteiger partial charge in [-0.2, -0.15) is 5.26 Å². The quantitative estimate of drug-likeness (QED) is 0.850. The number of ether oxygens (including phenoxy) is 1. The van der Waals surface area contributed by atoms with E-state index >= 15 is 0 Å². The Kier molecular flexibility index (Phi) is 3.56. The van der Waals surface area contributed by atoms with Crippen molar-refractivity contribution in [2.45, 2.75) is 26.9 Å². The Morgan fingerprint density at radius 3 is 2.50 bits per heavy atom. The average Bonchev–Trinajstić information content (AvgIpc) is 2.27. The lowest BCUT2D eigenvalue weighted by Crippen LogP contribution is -2.19. The molecule has 1 aromatic carbocycles. The minimum absolute atomic E-state index is 0.741. The van der Waals surface area contributed by atoms with Gasteiger partial charge >= 0.3 is 0 Å². The Hall–Kier alpha value is -1.53. The standard InChI is InChI=1S/C13H17NO2/c1-9-7-10(5-6-11(9)16-4)12(15)13(2,3)8-14/h5-7,12,15H,1-4H3. The van der Waals surface area contributed by atoms with E-state index in [4.69, 9.17) is 10.00 Å². The summed E-state index contributed by atoms with van der Waals surface area (Å²) < 4.78 is 5.15. The van der Waals surface area contributed by atoms with Crippen LogP contribution in [0, 0.1) is 23.7 Å². The zero-order chi connectivity index (χ0) is 12.3. The first-order valence-corrected chi connectivity index (χ1v) is 5.16. The van der Waals surface area contributed by atoms with Gasteiger partial charge in [0.1, 0.15) is 5.75 Å². The van der Waals surface area contributed by atoms with Crippen LogP contribution in [0.2, 0.25) is 0 Å². The summed E-state index contributed by atoms with van der Waals surface area (Å²) in [4.78, 5) is 0. The molecule has 1 N–H and O–H groups in total. The summed E-state index contributed by atoms with van der Waals surface area (Å²) in [5.74, 6) is 0.783. The van der Waals surface area contributed by atoms with Gasteiger partial charge in [0.2, 0.25) is 0 Å². The molecule has 0 radical (unpaired) electrons. The first-order valence-electron chi connectivity index (χ1n) is 5.16. The summed E-state index contributed by atoms with van der Waals surface area (Å²) >= 11 is 0. The van der Waals surface area contributed by atoms with Crippen molar-refractivity contribution in [2.75, 3.05) is 7.11 Å². The maximum absolute atomic E-state index is 10.1. The number of aliphatic hydroxyl groups excluding tert-OH is 1. The third-order valence-electron chi connectivity index (χ3n) is 2.71. The van der Waals surface area contributed by atoms with Crippen molar-refractivity contribution in [2.24, 2.45) is 5.41 Å². The first kappa shape index (κ1) is 12.5. The maximum Gasteiger partial charge on any atom is 0.121 e. The molecule has 0 bridgehead atoms. The third kappa shape index (κ3) is 2.34. The van der Waals surface area contributed by atoms with E-state index in [1.165, 1.54) is 0 Å². The van der Waals surface area contributed by atoms with E-state index in [1.54, 1.807) is 33.1 Å². The number of nitriles is 1. The number of aliphatic hydroxyl groups is 1. The van der Waals surface area contributed by atoms with Crippen molar-refractivity contribution in [1.29, 1.82) is 5.26 Å². The van der Waals surface area contributed by atoms with Crippen LogP contribution in [0.15, 0.2) is 18.2 Å². The van der Waals surface area contributed by atoms with Crippen molar-refractivity contribution in [3.8, 4) is 11.8 Å². The molecule has 16 heavy (non-hydrogen) atoms.